The van der Waals surface area contributed by atoms with Crippen LogP contribution in [0.2, 0.25) is 0 Å². The summed E-state index contributed by atoms with van der Waals surface area (Å²) in [6.07, 6.45) is -1.71. The molecule has 11 heteroatoms. The van der Waals surface area contributed by atoms with E-state index in [-0.39, 0.29) is 12.5 Å². The van der Waals surface area contributed by atoms with Crippen molar-refractivity contribution in [1.82, 2.24) is 9.97 Å². The van der Waals surface area contributed by atoms with E-state index in [9.17, 15) is 18.6 Å². The minimum Gasteiger partial charge on any atom is -0.390 e. The van der Waals surface area contributed by atoms with E-state index >= 15 is 0 Å². The summed E-state index contributed by atoms with van der Waals surface area (Å²) in [5.41, 5.74) is 5.63. The second-order valence-corrected chi connectivity index (χ2v) is 6.84. The average Bonchev–Trinajstić information content (AvgIpc) is 2.69. The normalized spacial score (nSPS) is 28.0. The number of anilines is 2. The largest absolute Gasteiger partial charge is 0.390 e. The van der Waals surface area contributed by atoms with Gasteiger partial charge in [-0.05, 0) is 13.3 Å². The van der Waals surface area contributed by atoms with E-state index in [0.29, 0.717) is 30.4 Å². The first-order chi connectivity index (χ1) is 10.7. The number of nitrogens with two attached hydrogens (primary N) is 2. The molecular formula is C12H21N5O5S. The van der Waals surface area contributed by atoms with Gasteiger partial charge in [0.05, 0.1) is 18.8 Å². The van der Waals surface area contributed by atoms with Gasteiger partial charge in [0, 0.05) is 24.4 Å². The van der Waals surface area contributed by atoms with Gasteiger partial charge >= 0.3 is 10.3 Å². The Bertz CT molecular complexity index is 635. The molecule has 0 aromatic carbocycles. The van der Waals surface area contributed by atoms with Crippen molar-refractivity contribution in [3.8, 4) is 0 Å². The molecule has 1 heterocycles. The van der Waals surface area contributed by atoms with Crippen LogP contribution in [0, 0.1) is 18.8 Å². The maximum absolute atomic E-state index is 10.8. The maximum Gasteiger partial charge on any atom is 0.333 e. The Morgan fingerprint density at radius 1 is 1.35 bits per heavy atom. The van der Waals surface area contributed by atoms with E-state index in [1.165, 1.54) is 0 Å². The number of nitrogens with one attached hydrogen (secondary N) is 1. The van der Waals surface area contributed by atoms with Gasteiger partial charge in [-0.25, -0.2) is 15.1 Å². The van der Waals surface area contributed by atoms with Gasteiger partial charge in [0.25, 0.3) is 0 Å². The zero-order chi connectivity index (χ0) is 17.2. The molecule has 0 amide bonds. The number of aromatic nitrogens is 2. The third-order valence-electron chi connectivity index (χ3n) is 3.77. The Morgan fingerprint density at radius 2 is 2.00 bits per heavy atom. The lowest BCUT2D eigenvalue weighted by Gasteiger charge is -2.17. The quantitative estimate of drug-likeness (QED) is 0.404. The average molecular weight is 347 g/mol. The van der Waals surface area contributed by atoms with Crippen LogP contribution in [-0.2, 0) is 14.5 Å². The van der Waals surface area contributed by atoms with Crippen LogP contribution in [0.4, 0.5) is 11.6 Å². The van der Waals surface area contributed by atoms with Gasteiger partial charge < -0.3 is 21.3 Å². The van der Waals surface area contributed by atoms with E-state index in [1.54, 1.807) is 13.0 Å². The smallest absolute Gasteiger partial charge is 0.333 e. The molecule has 4 atom stereocenters. The van der Waals surface area contributed by atoms with Gasteiger partial charge in [-0.15, -0.1) is 0 Å². The molecule has 130 valence electrons. The molecule has 0 radical (unpaired) electrons. The SMILES string of the molecule is Cc1nc(N)cc(NC[C@@H]2C[C@H](COS(N)(=O)=O)[C@@H](O)[C@H]2O)n1. The molecule has 0 aliphatic heterocycles. The van der Waals surface area contributed by atoms with Crippen molar-refractivity contribution in [2.45, 2.75) is 25.6 Å². The lowest BCUT2D eigenvalue weighted by atomic mass is 10.0. The molecule has 1 aliphatic carbocycles. The lowest BCUT2D eigenvalue weighted by Crippen LogP contribution is -2.32. The van der Waals surface area contributed by atoms with Crippen LogP contribution in [0.15, 0.2) is 6.07 Å². The standard InChI is InChI=1S/C12H21N5O5S/c1-6-16-9(13)3-10(17-6)15-4-7-2-8(12(19)11(7)18)5-22-23(14,20)21/h3,7-8,11-12,18-19H,2,4-5H2,1H3,(H2,14,20,21)(H3,13,15,16,17)/t7-,8+,11-,12+/m0/s1. The molecule has 0 saturated heterocycles. The first-order valence-corrected chi connectivity index (χ1v) is 8.51. The number of hydrogen-bond donors (Lipinski definition) is 5. The lowest BCUT2D eigenvalue weighted by molar-refractivity contribution is -0.00162. The van der Waals surface area contributed by atoms with E-state index in [2.05, 4.69) is 19.5 Å². The number of rotatable bonds is 6. The highest BCUT2D eigenvalue weighted by Gasteiger charge is 2.41. The van der Waals surface area contributed by atoms with E-state index in [4.69, 9.17) is 10.9 Å². The van der Waals surface area contributed by atoms with E-state index in [1.807, 2.05) is 0 Å². The van der Waals surface area contributed by atoms with Gasteiger partial charge in [-0.3, -0.25) is 4.18 Å². The van der Waals surface area contributed by atoms with Gasteiger partial charge in [-0.1, -0.05) is 0 Å². The number of aryl methyl sites for hydroxylation is 1. The zero-order valence-electron chi connectivity index (χ0n) is 12.6. The summed E-state index contributed by atoms with van der Waals surface area (Å²) < 4.78 is 26.1. The molecule has 2 rings (SSSR count). The van der Waals surface area contributed by atoms with Crippen molar-refractivity contribution in [1.29, 1.82) is 0 Å². The van der Waals surface area contributed by atoms with Gasteiger partial charge in [0.15, 0.2) is 0 Å². The zero-order valence-corrected chi connectivity index (χ0v) is 13.4. The molecule has 10 nitrogen and oxygen atoms in total. The second kappa shape index (κ2) is 6.93. The molecule has 7 N–H and O–H groups in total. The predicted octanol–water partition coefficient (Wildman–Crippen LogP) is -1.64. The Balaban J connectivity index is 1.93. The summed E-state index contributed by atoms with van der Waals surface area (Å²) in [4.78, 5) is 8.11. The van der Waals surface area contributed by atoms with Crippen LogP contribution >= 0.6 is 0 Å². The summed E-state index contributed by atoms with van der Waals surface area (Å²) in [6.45, 7) is 1.77. The van der Waals surface area contributed by atoms with E-state index in [0.717, 1.165) is 0 Å². The monoisotopic (exact) mass is 347 g/mol. The number of nitrogens with zero attached hydrogens (tertiary/aromatic N) is 2. The van der Waals surface area contributed by atoms with Crippen molar-refractivity contribution in [2.24, 2.45) is 17.0 Å². The third kappa shape index (κ3) is 4.97. The molecule has 1 aromatic heterocycles. The minimum absolute atomic E-state index is 0.271. The van der Waals surface area contributed by atoms with Crippen LogP contribution in [0.3, 0.4) is 0 Å². The second-order valence-electron chi connectivity index (χ2n) is 5.62. The van der Waals surface area contributed by atoms with Crippen molar-refractivity contribution in [2.75, 3.05) is 24.2 Å². The molecule has 0 unspecified atom stereocenters. The van der Waals surface area contributed by atoms with Gasteiger partial charge in [-0.2, -0.15) is 8.42 Å². The maximum atomic E-state index is 10.8. The number of hydrogen-bond acceptors (Lipinski definition) is 9. The predicted molar refractivity (Wildman–Crippen MR) is 82.3 cm³/mol. The summed E-state index contributed by atoms with van der Waals surface area (Å²) in [6, 6.07) is 1.56. The number of aliphatic hydroxyl groups is 2. The Kier molecular flexibility index (Phi) is 5.37. The van der Waals surface area contributed by atoms with Crippen molar-refractivity contribution < 1.29 is 22.8 Å². The Labute approximate surface area is 134 Å². The van der Waals surface area contributed by atoms with Crippen molar-refractivity contribution in [3.05, 3.63) is 11.9 Å². The molecule has 0 bridgehead atoms. The fourth-order valence-corrected chi connectivity index (χ4v) is 3.06. The highest BCUT2D eigenvalue weighted by Crippen LogP contribution is 2.32. The topological polar surface area (TPSA) is 174 Å². The van der Waals surface area contributed by atoms with Crippen LogP contribution in [-0.4, -0.2) is 54.0 Å². The van der Waals surface area contributed by atoms with Crippen molar-refractivity contribution >= 4 is 21.9 Å². The summed E-state index contributed by atoms with van der Waals surface area (Å²) >= 11 is 0. The van der Waals surface area contributed by atoms with Crippen LogP contribution < -0.4 is 16.2 Å². The summed E-state index contributed by atoms with van der Waals surface area (Å²) in [7, 11) is -4.07. The molecule has 1 aliphatic rings. The van der Waals surface area contributed by atoms with Gasteiger partial charge in [0.1, 0.15) is 17.5 Å². The molecule has 0 spiro atoms. The third-order valence-corrected chi connectivity index (χ3v) is 4.24. The fraction of sp³-hybridized carbons (Fsp3) is 0.667. The first kappa shape index (κ1) is 17.8. The Hall–Kier alpha value is -1.53. The highest BCUT2D eigenvalue weighted by molar-refractivity contribution is 7.84. The highest BCUT2D eigenvalue weighted by atomic mass is 32.2. The summed E-state index contributed by atoms with van der Waals surface area (Å²) in [5.74, 6) is 0.536. The molecule has 1 fully saturated rings. The molecule has 23 heavy (non-hydrogen) atoms. The summed E-state index contributed by atoms with van der Waals surface area (Å²) in [5, 5.41) is 27.8. The van der Waals surface area contributed by atoms with Crippen LogP contribution in [0.25, 0.3) is 0 Å². The minimum atomic E-state index is -4.07. The number of aliphatic hydroxyl groups excluding tert-OH is 2. The molecule has 1 aromatic rings. The fourth-order valence-electron chi connectivity index (χ4n) is 2.70. The molecular weight excluding hydrogens is 326 g/mol. The first-order valence-electron chi connectivity index (χ1n) is 7.04. The molecule has 1 saturated carbocycles. The number of nitrogen functional groups attached to an aromatic ring is 1. The van der Waals surface area contributed by atoms with Crippen LogP contribution in [0.1, 0.15) is 12.2 Å². The van der Waals surface area contributed by atoms with Crippen molar-refractivity contribution in [3.63, 3.8) is 0 Å². The van der Waals surface area contributed by atoms with E-state index < -0.39 is 28.4 Å². The van der Waals surface area contributed by atoms with Gasteiger partial charge in [0.2, 0.25) is 0 Å². The Morgan fingerprint density at radius 3 is 2.61 bits per heavy atom. The van der Waals surface area contributed by atoms with Crippen LogP contribution in [0.5, 0.6) is 0 Å².